The van der Waals surface area contributed by atoms with Gasteiger partial charge in [0.1, 0.15) is 12.2 Å². The lowest BCUT2D eigenvalue weighted by atomic mass is 10.1. The zero-order valence-electron chi connectivity index (χ0n) is 13.1. The normalized spacial score (nSPS) is 17.5. The molecule has 1 atom stereocenters. The van der Waals surface area contributed by atoms with Crippen LogP contribution in [0.4, 0.5) is 0 Å². The summed E-state index contributed by atoms with van der Waals surface area (Å²) < 4.78 is 1.54. The van der Waals surface area contributed by atoms with E-state index in [1.807, 2.05) is 18.2 Å². The third kappa shape index (κ3) is 2.18. The molecule has 1 aromatic carbocycles. The highest BCUT2D eigenvalue weighted by Gasteiger charge is 2.34. The van der Waals surface area contributed by atoms with E-state index in [1.165, 1.54) is 6.33 Å². The molecule has 1 N–H and O–H groups in total. The van der Waals surface area contributed by atoms with Crippen molar-refractivity contribution >= 4 is 16.8 Å². The number of hydrogen-bond acceptors (Lipinski definition) is 5. The first-order valence-electron chi connectivity index (χ1n) is 7.79. The van der Waals surface area contributed by atoms with Crippen molar-refractivity contribution in [3.63, 3.8) is 0 Å². The molecule has 1 amide bonds. The molecule has 8 heteroatoms. The Balaban J connectivity index is 1.80. The van der Waals surface area contributed by atoms with Crippen molar-refractivity contribution in [2.75, 3.05) is 6.54 Å². The number of carbonyl (C=O) groups excluding carboxylic acids is 1. The summed E-state index contributed by atoms with van der Waals surface area (Å²) in [6, 6.07) is 7.01. The second-order valence-electron chi connectivity index (χ2n) is 5.84. The van der Waals surface area contributed by atoms with Gasteiger partial charge in [-0.3, -0.25) is 19.3 Å². The molecule has 2 aromatic heterocycles. The minimum atomic E-state index is -0.245. The van der Waals surface area contributed by atoms with E-state index >= 15 is 0 Å². The fraction of sp³-hybridized carbons (Fsp3) is 0.312. The number of fused-ring (bicyclic) bond motifs is 1. The lowest BCUT2D eigenvalue weighted by Crippen LogP contribution is -2.35. The zero-order chi connectivity index (χ0) is 16.7. The van der Waals surface area contributed by atoms with Crippen molar-refractivity contribution < 1.29 is 4.79 Å². The molecule has 122 valence electrons. The van der Waals surface area contributed by atoms with Gasteiger partial charge in [0.25, 0.3) is 11.5 Å². The van der Waals surface area contributed by atoms with Crippen molar-refractivity contribution in [1.82, 2.24) is 29.6 Å². The van der Waals surface area contributed by atoms with Crippen LogP contribution in [0.5, 0.6) is 0 Å². The smallest absolute Gasteiger partial charge is 0.291 e. The number of para-hydroxylation sites is 1. The highest BCUT2D eigenvalue weighted by molar-refractivity contribution is 5.90. The van der Waals surface area contributed by atoms with Crippen LogP contribution in [0.25, 0.3) is 10.9 Å². The number of rotatable bonds is 2. The molecular formula is C16H16N6O2. The Morgan fingerprint density at radius 3 is 2.96 bits per heavy atom. The molecule has 0 bridgehead atoms. The zero-order valence-corrected chi connectivity index (χ0v) is 13.1. The Labute approximate surface area is 137 Å². The summed E-state index contributed by atoms with van der Waals surface area (Å²) in [4.78, 5) is 35.5. The molecule has 4 rings (SSSR count). The first kappa shape index (κ1) is 14.6. The van der Waals surface area contributed by atoms with Crippen molar-refractivity contribution in [2.24, 2.45) is 7.05 Å². The van der Waals surface area contributed by atoms with Gasteiger partial charge in [-0.1, -0.05) is 12.1 Å². The fourth-order valence-electron chi connectivity index (χ4n) is 3.26. The monoisotopic (exact) mass is 324 g/mol. The average Bonchev–Trinajstić information content (AvgIpc) is 3.29. The molecule has 1 aliphatic heterocycles. The number of likely N-dealkylation sites (tertiary alicyclic amines) is 1. The van der Waals surface area contributed by atoms with Gasteiger partial charge in [0.05, 0.1) is 16.9 Å². The molecule has 0 aliphatic carbocycles. The van der Waals surface area contributed by atoms with E-state index in [2.05, 4.69) is 20.2 Å². The van der Waals surface area contributed by atoms with E-state index in [1.54, 1.807) is 22.6 Å². The highest BCUT2D eigenvalue weighted by atomic mass is 16.2. The van der Waals surface area contributed by atoms with Crippen molar-refractivity contribution in [3.05, 3.63) is 52.6 Å². The molecule has 1 saturated heterocycles. The first-order valence-corrected chi connectivity index (χ1v) is 7.79. The third-order valence-corrected chi connectivity index (χ3v) is 4.45. The van der Waals surface area contributed by atoms with Crippen LogP contribution >= 0.6 is 0 Å². The maximum absolute atomic E-state index is 12.6. The fourth-order valence-corrected chi connectivity index (χ4v) is 3.26. The second kappa shape index (κ2) is 5.55. The van der Waals surface area contributed by atoms with Gasteiger partial charge in [0.2, 0.25) is 5.82 Å². The summed E-state index contributed by atoms with van der Waals surface area (Å²) in [6.07, 6.45) is 2.92. The molecule has 0 saturated carbocycles. The number of H-pyrrole nitrogens is 1. The van der Waals surface area contributed by atoms with Crippen molar-refractivity contribution in [3.8, 4) is 0 Å². The van der Waals surface area contributed by atoms with E-state index in [4.69, 9.17) is 0 Å². The van der Waals surface area contributed by atoms with Crippen molar-refractivity contribution in [2.45, 2.75) is 18.9 Å². The molecular weight excluding hydrogens is 308 g/mol. The predicted octanol–water partition coefficient (Wildman–Crippen LogP) is 1.03. The van der Waals surface area contributed by atoms with E-state index < -0.39 is 0 Å². The first-order chi connectivity index (χ1) is 11.7. The number of aromatic nitrogens is 5. The Morgan fingerprint density at radius 2 is 2.17 bits per heavy atom. The predicted molar refractivity (Wildman–Crippen MR) is 86.4 cm³/mol. The van der Waals surface area contributed by atoms with Crippen LogP contribution in [0.1, 0.15) is 35.3 Å². The maximum Gasteiger partial charge on any atom is 0.291 e. The Kier molecular flexibility index (Phi) is 3.37. The van der Waals surface area contributed by atoms with Gasteiger partial charge in [-0.25, -0.2) is 9.97 Å². The van der Waals surface area contributed by atoms with Crippen LogP contribution < -0.4 is 5.56 Å². The molecule has 8 nitrogen and oxygen atoms in total. The third-order valence-electron chi connectivity index (χ3n) is 4.45. The summed E-state index contributed by atoms with van der Waals surface area (Å²) in [7, 11) is 1.70. The number of benzene rings is 1. The quantitative estimate of drug-likeness (QED) is 0.759. The SMILES string of the molecule is Cn1c(C2CCCN2C(=O)c2ncn[nH]2)nc2ccccc2c1=O. The molecule has 3 heterocycles. The number of aromatic amines is 1. The van der Waals surface area contributed by atoms with E-state index in [-0.39, 0.29) is 23.3 Å². The van der Waals surface area contributed by atoms with Gasteiger partial charge in [0, 0.05) is 13.6 Å². The van der Waals surface area contributed by atoms with E-state index in [0.29, 0.717) is 23.3 Å². The number of nitrogens with one attached hydrogen (secondary N) is 1. The van der Waals surface area contributed by atoms with Crippen LogP contribution in [0.2, 0.25) is 0 Å². The standard InChI is InChI=1S/C16H16N6O2/c1-21-14(19-11-6-3-2-5-10(11)15(21)23)12-7-4-8-22(12)16(24)13-17-9-18-20-13/h2-3,5-6,9,12H,4,7-8H2,1H3,(H,17,18,20). The van der Waals surface area contributed by atoms with Gasteiger partial charge >= 0.3 is 0 Å². The van der Waals surface area contributed by atoms with Crippen LogP contribution in [-0.4, -0.2) is 42.1 Å². The summed E-state index contributed by atoms with van der Waals surface area (Å²) in [5.74, 6) is 0.578. The number of amides is 1. The van der Waals surface area contributed by atoms with Gasteiger partial charge < -0.3 is 4.90 Å². The Morgan fingerprint density at radius 1 is 1.33 bits per heavy atom. The lowest BCUT2D eigenvalue weighted by Gasteiger charge is -2.24. The van der Waals surface area contributed by atoms with Crippen LogP contribution in [-0.2, 0) is 7.05 Å². The molecule has 1 unspecified atom stereocenters. The van der Waals surface area contributed by atoms with Crippen LogP contribution in [0.15, 0.2) is 35.4 Å². The van der Waals surface area contributed by atoms with Crippen molar-refractivity contribution in [1.29, 1.82) is 0 Å². The van der Waals surface area contributed by atoms with E-state index in [9.17, 15) is 9.59 Å². The van der Waals surface area contributed by atoms with Gasteiger partial charge in [-0.05, 0) is 25.0 Å². The summed E-state index contributed by atoms with van der Waals surface area (Å²) >= 11 is 0. The molecule has 1 aliphatic rings. The Hall–Kier alpha value is -3.03. The molecule has 0 radical (unpaired) electrons. The summed E-state index contributed by atoms with van der Waals surface area (Å²) in [5, 5.41) is 6.91. The minimum absolute atomic E-state index is 0.102. The van der Waals surface area contributed by atoms with E-state index in [0.717, 1.165) is 12.8 Å². The van der Waals surface area contributed by atoms with Gasteiger partial charge in [-0.15, -0.1) is 0 Å². The molecule has 3 aromatic rings. The summed E-state index contributed by atoms with van der Waals surface area (Å²) in [6.45, 7) is 0.604. The average molecular weight is 324 g/mol. The molecule has 0 spiro atoms. The van der Waals surface area contributed by atoms with Gasteiger partial charge in [0.15, 0.2) is 0 Å². The van der Waals surface area contributed by atoms with Crippen LogP contribution in [0, 0.1) is 0 Å². The second-order valence-corrected chi connectivity index (χ2v) is 5.84. The minimum Gasteiger partial charge on any atom is -0.326 e. The molecule has 1 fully saturated rings. The van der Waals surface area contributed by atoms with Gasteiger partial charge in [-0.2, -0.15) is 5.10 Å². The van der Waals surface area contributed by atoms with Crippen LogP contribution in [0.3, 0.4) is 0 Å². The summed E-state index contributed by atoms with van der Waals surface area (Å²) in [5.41, 5.74) is 0.545. The Bertz CT molecular complexity index is 962. The largest absolute Gasteiger partial charge is 0.326 e. The maximum atomic E-state index is 12.6. The lowest BCUT2D eigenvalue weighted by molar-refractivity contribution is 0.0715. The molecule has 24 heavy (non-hydrogen) atoms. The number of nitrogens with zero attached hydrogens (tertiary/aromatic N) is 5. The topological polar surface area (TPSA) is 96.8 Å². The highest BCUT2D eigenvalue weighted by Crippen LogP contribution is 2.31. The number of carbonyl (C=O) groups is 1. The number of hydrogen-bond donors (Lipinski definition) is 1.